The highest BCUT2D eigenvalue weighted by atomic mass is 79.9. The van der Waals surface area contributed by atoms with Crippen molar-refractivity contribution in [2.75, 3.05) is 7.11 Å². The number of esters is 1. The highest BCUT2D eigenvalue weighted by Gasteiger charge is 2.33. The lowest BCUT2D eigenvalue weighted by Gasteiger charge is -2.31. The maximum atomic E-state index is 14.2. The van der Waals surface area contributed by atoms with Crippen LogP contribution in [0.25, 0.3) is 0 Å². The molecule has 0 spiro atoms. The minimum atomic E-state index is -0.680. The summed E-state index contributed by atoms with van der Waals surface area (Å²) in [7, 11) is 1.31. The predicted molar refractivity (Wildman–Crippen MR) is 89.7 cm³/mol. The number of allylic oxidation sites excluding steroid dienone is 1. The quantitative estimate of drug-likeness (QED) is 0.613. The van der Waals surface area contributed by atoms with E-state index in [2.05, 4.69) is 26.6 Å². The topological polar surface area (TPSA) is 50.4 Å². The highest BCUT2D eigenvalue weighted by Crippen LogP contribution is 2.32. The van der Waals surface area contributed by atoms with E-state index in [9.17, 15) is 9.18 Å². The van der Waals surface area contributed by atoms with E-state index in [0.717, 1.165) is 10.9 Å². The van der Waals surface area contributed by atoms with Gasteiger partial charge >= 0.3 is 5.97 Å². The minimum Gasteiger partial charge on any atom is -0.466 e. The summed E-state index contributed by atoms with van der Waals surface area (Å²) in [5.41, 5.74) is 1.37. The highest BCUT2D eigenvalue weighted by molar-refractivity contribution is 9.10. The number of carbonyl (C=O) groups is 1. The molecule has 1 heterocycles. The Morgan fingerprint density at radius 1 is 1.50 bits per heavy atom. The van der Waals surface area contributed by atoms with Gasteiger partial charge in [0.1, 0.15) is 5.82 Å². The van der Waals surface area contributed by atoms with Gasteiger partial charge < -0.3 is 15.4 Å². The number of benzene rings is 1. The first-order valence-corrected chi connectivity index (χ1v) is 8.01. The molecule has 0 aliphatic carbocycles. The first-order chi connectivity index (χ1) is 10.5. The lowest BCUT2D eigenvalue weighted by Crippen LogP contribution is -2.46. The summed E-state index contributed by atoms with van der Waals surface area (Å²) in [6.45, 7) is 1.99. The van der Waals surface area contributed by atoms with Crippen LogP contribution in [0.5, 0.6) is 0 Å². The van der Waals surface area contributed by atoms with Crippen molar-refractivity contribution in [1.29, 1.82) is 0 Å². The first kappa shape index (κ1) is 16.9. The molecule has 2 N–H and O–H groups in total. The van der Waals surface area contributed by atoms with Gasteiger partial charge in [0, 0.05) is 15.7 Å². The summed E-state index contributed by atoms with van der Waals surface area (Å²) in [5.74, 6) is -0.919. The van der Waals surface area contributed by atoms with Crippen molar-refractivity contribution < 1.29 is 13.9 Å². The Balaban J connectivity index is 2.59. The lowest BCUT2D eigenvalue weighted by molar-refractivity contribution is -0.136. The number of nitrogens with one attached hydrogen (secondary N) is 2. The Morgan fingerprint density at radius 3 is 2.86 bits per heavy atom. The molecule has 0 amide bonds. The van der Waals surface area contributed by atoms with Gasteiger partial charge in [0.25, 0.3) is 0 Å². The molecule has 1 atom stereocenters. The molecular weight excluding hydrogens is 371 g/mol. The van der Waals surface area contributed by atoms with Crippen LogP contribution in [0.3, 0.4) is 0 Å². The van der Waals surface area contributed by atoms with Crippen molar-refractivity contribution in [3.05, 3.63) is 45.3 Å². The third kappa shape index (κ3) is 3.47. The summed E-state index contributed by atoms with van der Waals surface area (Å²) < 4.78 is 19.8. The molecule has 4 nitrogen and oxygen atoms in total. The Morgan fingerprint density at radius 2 is 2.23 bits per heavy atom. The van der Waals surface area contributed by atoms with E-state index in [1.165, 1.54) is 13.2 Å². The number of carbonyl (C=O) groups excluding carboxylic acids is 1. The summed E-state index contributed by atoms with van der Waals surface area (Å²) in [4.78, 5) is 12.2. The summed E-state index contributed by atoms with van der Waals surface area (Å²) in [6, 6.07) is 3.90. The number of halogens is 2. The van der Waals surface area contributed by atoms with Crippen LogP contribution in [-0.4, -0.2) is 18.2 Å². The second kappa shape index (κ2) is 7.19. The third-order valence-corrected chi connectivity index (χ3v) is 4.04. The van der Waals surface area contributed by atoms with Crippen LogP contribution in [-0.2, 0) is 9.53 Å². The van der Waals surface area contributed by atoms with Crippen molar-refractivity contribution in [2.45, 2.75) is 25.8 Å². The molecule has 1 aromatic rings. The number of hydrogen-bond donors (Lipinski definition) is 2. The van der Waals surface area contributed by atoms with Gasteiger partial charge in [0.05, 0.1) is 18.7 Å². The molecule has 0 bridgehead atoms. The van der Waals surface area contributed by atoms with Crippen molar-refractivity contribution in [3.63, 3.8) is 0 Å². The van der Waals surface area contributed by atoms with Gasteiger partial charge in [0.15, 0.2) is 5.11 Å². The average Bonchev–Trinajstić information content (AvgIpc) is 2.48. The predicted octanol–water partition coefficient (Wildman–Crippen LogP) is 3.33. The fourth-order valence-electron chi connectivity index (χ4n) is 2.39. The van der Waals surface area contributed by atoms with Crippen LogP contribution in [0.15, 0.2) is 33.9 Å². The lowest BCUT2D eigenvalue weighted by atomic mass is 9.93. The van der Waals surface area contributed by atoms with E-state index in [1.54, 1.807) is 12.1 Å². The van der Waals surface area contributed by atoms with E-state index in [4.69, 9.17) is 17.0 Å². The monoisotopic (exact) mass is 386 g/mol. The molecule has 0 saturated carbocycles. The van der Waals surface area contributed by atoms with E-state index in [1.807, 2.05) is 6.92 Å². The van der Waals surface area contributed by atoms with Gasteiger partial charge in [-0.05, 0) is 36.8 Å². The number of thiocarbonyl (C=S) groups is 1. The van der Waals surface area contributed by atoms with Crippen molar-refractivity contribution in [3.8, 4) is 0 Å². The van der Waals surface area contributed by atoms with E-state index < -0.39 is 17.8 Å². The summed E-state index contributed by atoms with van der Waals surface area (Å²) >= 11 is 8.51. The van der Waals surface area contributed by atoms with E-state index in [-0.39, 0.29) is 0 Å². The van der Waals surface area contributed by atoms with Crippen LogP contribution in [0.1, 0.15) is 31.4 Å². The Kier molecular flexibility index (Phi) is 5.52. The molecule has 1 unspecified atom stereocenters. The normalized spacial score (nSPS) is 17.8. The maximum Gasteiger partial charge on any atom is 0.337 e. The Hall–Kier alpha value is -1.47. The van der Waals surface area contributed by atoms with Crippen LogP contribution in [0, 0.1) is 5.82 Å². The standard InChI is InChI=1S/C15H16BrFN2O2S/c1-3-4-11-12(14(20)21-2)13(19-15(22)18-11)9-7-8(16)5-6-10(9)17/h5-7,13H,3-4H2,1-2H3,(H2,18,19,22). The smallest absolute Gasteiger partial charge is 0.337 e. The molecule has 0 radical (unpaired) electrons. The van der Waals surface area contributed by atoms with Gasteiger partial charge in [-0.15, -0.1) is 0 Å². The van der Waals surface area contributed by atoms with Crippen molar-refractivity contribution in [2.24, 2.45) is 0 Å². The zero-order valence-corrected chi connectivity index (χ0v) is 14.6. The number of ether oxygens (including phenoxy) is 1. The van der Waals surface area contributed by atoms with E-state index in [0.29, 0.717) is 28.4 Å². The van der Waals surface area contributed by atoms with Gasteiger partial charge in [-0.25, -0.2) is 9.18 Å². The molecular formula is C15H16BrFN2O2S. The zero-order valence-electron chi connectivity index (χ0n) is 12.2. The molecule has 7 heteroatoms. The second-order valence-electron chi connectivity index (χ2n) is 4.83. The fourth-order valence-corrected chi connectivity index (χ4v) is 3.01. The van der Waals surface area contributed by atoms with Gasteiger partial charge in [-0.1, -0.05) is 29.3 Å². The SMILES string of the molecule is CCCC1=C(C(=O)OC)C(c2cc(Br)ccc2F)NC(=S)N1. The van der Waals surface area contributed by atoms with E-state index >= 15 is 0 Å². The van der Waals surface area contributed by atoms with Crippen LogP contribution in [0.2, 0.25) is 0 Å². The average molecular weight is 387 g/mol. The molecule has 1 aliphatic heterocycles. The largest absolute Gasteiger partial charge is 0.466 e. The zero-order chi connectivity index (χ0) is 16.3. The molecule has 0 saturated heterocycles. The van der Waals surface area contributed by atoms with Gasteiger partial charge in [-0.2, -0.15) is 0 Å². The molecule has 2 rings (SSSR count). The minimum absolute atomic E-state index is 0.340. The molecule has 0 aromatic heterocycles. The summed E-state index contributed by atoms with van der Waals surface area (Å²) in [6.07, 6.45) is 1.44. The first-order valence-electron chi connectivity index (χ1n) is 6.81. The van der Waals surface area contributed by atoms with Crippen LogP contribution >= 0.6 is 28.1 Å². The molecule has 0 fully saturated rings. The van der Waals surface area contributed by atoms with Gasteiger partial charge in [-0.3, -0.25) is 0 Å². The molecule has 22 heavy (non-hydrogen) atoms. The van der Waals surface area contributed by atoms with Crippen LogP contribution in [0.4, 0.5) is 4.39 Å². The third-order valence-electron chi connectivity index (χ3n) is 3.33. The second-order valence-corrected chi connectivity index (χ2v) is 6.16. The molecule has 1 aliphatic rings. The number of methoxy groups -OCH3 is 1. The van der Waals surface area contributed by atoms with Crippen molar-refractivity contribution in [1.82, 2.24) is 10.6 Å². The number of hydrogen-bond acceptors (Lipinski definition) is 3. The van der Waals surface area contributed by atoms with Gasteiger partial charge in [0.2, 0.25) is 0 Å². The Labute approximate surface area is 142 Å². The van der Waals surface area contributed by atoms with Crippen LogP contribution < -0.4 is 10.6 Å². The molecule has 1 aromatic carbocycles. The maximum absolute atomic E-state index is 14.2. The van der Waals surface area contributed by atoms with Crippen molar-refractivity contribution >= 4 is 39.2 Å². The number of rotatable bonds is 4. The molecule has 118 valence electrons. The Bertz CT molecular complexity index is 648. The fraction of sp³-hybridized carbons (Fsp3) is 0.333. The summed E-state index contributed by atoms with van der Waals surface area (Å²) in [5, 5.41) is 6.30.